The van der Waals surface area contributed by atoms with E-state index in [-0.39, 0.29) is 25.6 Å². The minimum Gasteiger partial charge on any atom is -0.446 e. The standard InChI is InChI=1S/C19H19NO5/c1-23-11-10-18(21)25-20-19(22)24-12-17-15-8-4-2-6-13(15)14-7-3-5-9-16(14)17/h2-9,17H,10-12H2,1H3,(H,20,22). The number of methoxy groups -OCH3 is 1. The highest BCUT2D eigenvalue weighted by molar-refractivity contribution is 5.79. The third-order valence-corrected chi connectivity index (χ3v) is 4.10. The summed E-state index contributed by atoms with van der Waals surface area (Å²) in [4.78, 5) is 27.7. The first-order valence-electron chi connectivity index (χ1n) is 8.00. The molecule has 0 fully saturated rings. The van der Waals surface area contributed by atoms with Gasteiger partial charge in [-0.15, -0.1) is 5.48 Å². The summed E-state index contributed by atoms with van der Waals surface area (Å²) in [6, 6.07) is 16.1. The van der Waals surface area contributed by atoms with E-state index in [0.717, 1.165) is 22.3 Å². The topological polar surface area (TPSA) is 73.9 Å². The fourth-order valence-corrected chi connectivity index (χ4v) is 2.96. The Bertz CT molecular complexity index is 728. The van der Waals surface area contributed by atoms with Gasteiger partial charge in [0, 0.05) is 13.0 Å². The molecule has 1 N–H and O–H groups in total. The molecule has 130 valence electrons. The van der Waals surface area contributed by atoms with Gasteiger partial charge in [0.25, 0.3) is 0 Å². The molecule has 6 heteroatoms. The largest absolute Gasteiger partial charge is 0.446 e. The molecular formula is C19H19NO5. The van der Waals surface area contributed by atoms with Crippen molar-refractivity contribution in [2.45, 2.75) is 12.3 Å². The predicted molar refractivity (Wildman–Crippen MR) is 90.8 cm³/mol. The first-order valence-corrected chi connectivity index (χ1v) is 8.00. The molecule has 0 radical (unpaired) electrons. The summed E-state index contributed by atoms with van der Waals surface area (Å²) in [5, 5.41) is 0. The van der Waals surface area contributed by atoms with Crippen LogP contribution in [0.5, 0.6) is 0 Å². The van der Waals surface area contributed by atoms with Crippen LogP contribution >= 0.6 is 0 Å². The molecule has 1 aliphatic rings. The maximum absolute atomic E-state index is 11.8. The third kappa shape index (κ3) is 3.80. The molecule has 25 heavy (non-hydrogen) atoms. The second-order valence-corrected chi connectivity index (χ2v) is 5.64. The van der Waals surface area contributed by atoms with Crippen molar-refractivity contribution in [3.05, 3.63) is 59.7 Å². The lowest BCUT2D eigenvalue weighted by Crippen LogP contribution is -2.29. The van der Waals surface area contributed by atoms with Gasteiger partial charge in [0.05, 0.1) is 13.0 Å². The first-order chi connectivity index (χ1) is 12.2. The van der Waals surface area contributed by atoms with Crippen LogP contribution in [0.25, 0.3) is 11.1 Å². The molecular weight excluding hydrogens is 322 g/mol. The maximum Gasteiger partial charge on any atom is 0.440 e. The second-order valence-electron chi connectivity index (χ2n) is 5.64. The van der Waals surface area contributed by atoms with Gasteiger partial charge in [-0.3, -0.25) is 0 Å². The number of fused-ring (bicyclic) bond motifs is 3. The van der Waals surface area contributed by atoms with Crippen molar-refractivity contribution in [3.63, 3.8) is 0 Å². The zero-order valence-corrected chi connectivity index (χ0v) is 13.9. The summed E-state index contributed by atoms with van der Waals surface area (Å²) >= 11 is 0. The molecule has 0 aliphatic heterocycles. The Morgan fingerprint density at radius 3 is 2.20 bits per heavy atom. The fourth-order valence-electron chi connectivity index (χ4n) is 2.96. The Kier molecular flexibility index (Phi) is 5.30. The number of ether oxygens (including phenoxy) is 2. The normalized spacial score (nSPS) is 12.2. The maximum atomic E-state index is 11.8. The Morgan fingerprint density at radius 2 is 1.60 bits per heavy atom. The zero-order chi connectivity index (χ0) is 17.6. The molecule has 0 heterocycles. The fraction of sp³-hybridized carbons (Fsp3) is 0.263. The Labute approximate surface area is 145 Å². The summed E-state index contributed by atoms with van der Waals surface area (Å²) in [6.07, 6.45) is -0.743. The molecule has 0 saturated heterocycles. The van der Waals surface area contributed by atoms with E-state index in [2.05, 4.69) is 17.0 Å². The molecule has 0 bridgehead atoms. The van der Waals surface area contributed by atoms with Gasteiger partial charge in [0.15, 0.2) is 0 Å². The summed E-state index contributed by atoms with van der Waals surface area (Å²) in [5.41, 5.74) is 6.54. The number of carbonyl (C=O) groups excluding carboxylic acids is 2. The number of rotatable bonds is 5. The van der Waals surface area contributed by atoms with Crippen molar-refractivity contribution in [3.8, 4) is 11.1 Å². The Hall–Kier alpha value is -2.86. The van der Waals surface area contributed by atoms with E-state index in [1.807, 2.05) is 41.9 Å². The molecule has 1 aliphatic carbocycles. The molecule has 6 nitrogen and oxygen atoms in total. The van der Waals surface area contributed by atoms with Gasteiger partial charge < -0.3 is 14.3 Å². The highest BCUT2D eigenvalue weighted by Gasteiger charge is 2.29. The van der Waals surface area contributed by atoms with Crippen LogP contribution in [-0.2, 0) is 19.1 Å². The van der Waals surface area contributed by atoms with Crippen molar-refractivity contribution < 1.29 is 23.9 Å². The van der Waals surface area contributed by atoms with Gasteiger partial charge in [0.1, 0.15) is 6.61 Å². The van der Waals surface area contributed by atoms with E-state index in [1.54, 1.807) is 0 Å². The Balaban J connectivity index is 1.60. The van der Waals surface area contributed by atoms with Gasteiger partial charge >= 0.3 is 12.1 Å². The highest BCUT2D eigenvalue weighted by atomic mass is 16.7. The number of hydrogen-bond acceptors (Lipinski definition) is 5. The van der Waals surface area contributed by atoms with E-state index >= 15 is 0 Å². The summed E-state index contributed by atoms with van der Waals surface area (Å²) in [6.45, 7) is 0.390. The van der Waals surface area contributed by atoms with Gasteiger partial charge in [0.2, 0.25) is 0 Å². The van der Waals surface area contributed by atoms with Crippen molar-refractivity contribution >= 4 is 12.1 Å². The molecule has 0 saturated carbocycles. The number of benzene rings is 2. The molecule has 3 rings (SSSR count). The second kappa shape index (κ2) is 7.81. The van der Waals surface area contributed by atoms with Crippen molar-refractivity contribution in [1.29, 1.82) is 0 Å². The minimum absolute atomic E-state index is 0.0395. The van der Waals surface area contributed by atoms with E-state index in [0.29, 0.717) is 0 Å². The predicted octanol–water partition coefficient (Wildman–Crippen LogP) is 3.02. The SMILES string of the molecule is COCCC(=O)ONC(=O)OCC1c2ccccc2-c2ccccc21. The Morgan fingerprint density at radius 1 is 1.00 bits per heavy atom. The minimum atomic E-state index is -0.798. The van der Waals surface area contributed by atoms with Gasteiger partial charge in [-0.25, -0.2) is 9.59 Å². The number of nitrogens with one attached hydrogen (secondary N) is 1. The van der Waals surface area contributed by atoms with E-state index < -0.39 is 12.1 Å². The number of hydroxylamine groups is 1. The van der Waals surface area contributed by atoms with Crippen LogP contribution in [0.15, 0.2) is 48.5 Å². The van der Waals surface area contributed by atoms with Crippen molar-refractivity contribution in [2.75, 3.05) is 20.3 Å². The monoisotopic (exact) mass is 341 g/mol. The van der Waals surface area contributed by atoms with Gasteiger partial charge in [-0.1, -0.05) is 48.5 Å². The summed E-state index contributed by atoms with van der Waals surface area (Å²) in [7, 11) is 1.48. The van der Waals surface area contributed by atoms with Crippen LogP contribution in [0.1, 0.15) is 23.5 Å². The lowest BCUT2D eigenvalue weighted by Gasteiger charge is -2.14. The quantitative estimate of drug-likeness (QED) is 0.846. The van der Waals surface area contributed by atoms with Crippen LogP contribution in [0.3, 0.4) is 0 Å². The molecule has 0 aromatic heterocycles. The molecule has 1 amide bonds. The van der Waals surface area contributed by atoms with E-state index in [1.165, 1.54) is 7.11 Å². The molecule has 2 aromatic rings. The van der Waals surface area contributed by atoms with Gasteiger partial charge in [-0.05, 0) is 22.3 Å². The van der Waals surface area contributed by atoms with Crippen LogP contribution in [0.4, 0.5) is 4.79 Å². The zero-order valence-electron chi connectivity index (χ0n) is 13.9. The van der Waals surface area contributed by atoms with Crippen LogP contribution in [0, 0.1) is 0 Å². The van der Waals surface area contributed by atoms with Gasteiger partial charge in [-0.2, -0.15) is 0 Å². The lowest BCUT2D eigenvalue weighted by molar-refractivity contribution is -0.150. The number of amides is 1. The smallest absolute Gasteiger partial charge is 0.440 e. The van der Waals surface area contributed by atoms with Crippen LogP contribution < -0.4 is 5.48 Å². The number of hydrogen-bond donors (Lipinski definition) is 1. The van der Waals surface area contributed by atoms with Crippen molar-refractivity contribution in [1.82, 2.24) is 5.48 Å². The van der Waals surface area contributed by atoms with E-state index in [4.69, 9.17) is 9.47 Å². The van der Waals surface area contributed by atoms with Crippen LogP contribution in [-0.4, -0.2) is 32.4 Å². The average Bonchev–Trinajstić information content (AvgIpc) is 2.97. The third-order valence-electron chi connectivity index (χ3n) is 4.10. The molecule has 2 aromatic carbocycles. The number of carbonyl (C=O) groups is 2. The molecule has 0 unspecified atom stereocenters. The average molecular weight is 341 g/mol. The summed E-state index contributed by atoms with van der Waals surface area (Å²) < 4.78 is 9.99. The highest BCUT2D eigenvalue weighted by Crippen LogP contribution is 2.44. The van der Waals surface area contributed by atoms with Crippen molar-refractivity contribution in [2.24, 2.45) is 0 Å². The summed E-state index contributed by atoms with van der Waals surface area (Å²) in [5.74, 6) is -0.627. The lowest BCUT2D eigenvalue weighted by atomic mass is 9.98. The molecule has 0 atom stereocenters. The molecule has 0 spiro atoms. The first kappa shape index (κ1) is 17.0. The van der Waals surface area contributed by atoms with Crippen LogP contribution in [0.2, 0.25) is 0 Å². The van der Waals surface area contributed by atoms with E-state index in [9.17, 15) is 9.59 Å².